The molecule has 3 aromatic rings. The second-order valence-corrected chi connectivity index (χ2v) is 6.95. The summed E-state index contributed by atoms with van der Waals surface area (Å²) in [6, 6.07) is 15.1. The third-order valence-corrected chi connectivity index (χ3v) is 4.20. The standard InChI is InChI=1S/C23H22N2O5/c1-14(2)23(28)30-19-10-8-18(9-11-19)29-17-6-4-16(5-7-17)25-22(27)20-21(26)15(3)12-13-24-20/h4-14,26H,1-3H3,(H,25,27). The van der Waals surface area contributed by atoms with E-state index in [1.54, 1.807) is 75.4 Å². The molecule has 0 atom stereocenters. The highest BCUT2D eigenvalue weighted by Gasteiger charge is 2.14. The van der Waals surface area contributed by atoms with E-state index in [0.717, 1.165) is 0 Å². The minimum absolute atomic E-state index is 0.0337. The molecule has 0 saturated heterocycles. The van der Waals surface area contributed by atoms with Crippen LogP contribution in [0.3, 0.4) is 0 Å². The van der Waals surface area contributed by atoms with Crippen molar-refractivity contribution in [1.82, 2.24) is 4.98 Å². The van der Waals surface area contributed by atoms with Crippen molar-refractivity contribution < 1.29 is 24.2 Å². The van der Waals surface area contributed by atoms with Crippen LogP contribution in [0.25, 0.3) is 0 Å². The number of pyridine rings is 1. The first kappa shape index (κ1) is 20.9. The summed E-state index contributed by atoms with van der Waals surface area (Å²) >= 11 is 0. The first-order chi connectivity index (χ1) is 14.3. The largest absolute Gasteiger partial charge is 0.505 e. The molecule has 0 unspecified atom stereocenters. The number of aromatic hydroxyl groups is 1. The molecule has 0 saturated carbocycles. The number of nitrogens with one attached hydrogen (secondary N) is 1. The zero-order valence-electron chi connectivity index (χ0n) is 16.9. The maximum absolute atomic E-state index is 12.3. The molecule has 154 valence electrons. The summed E-state index contributed by atoms with van der Waals surface area (Å²) in [7, 11) is 0. The van der Waals surface area contributed by atoms with Crippen LogP contribution in [0.5, 0.6) is 23.0 Å². The molecule has 0 aliphatic carbocycles. The van der Waals surface area contributed by atoms with Crippen molar-refractivity contribution >= 4 is 17.6 Å². The van der Waals surface area contributed by atoms with Crippen molar-refractivity contribution in [1.29, 1.82) is 0 Å². The Labute approximate surface area is 174 Å². The maximum Gasteiger partial charge on any atom is 0.313 e. The highest BCUT2D eigenvalue weighted by Crippen LogP contribution is 2.26. The summed E-state index contributed by atoms with van der Waals surface area (Å²) in [5.41, 5.74) is 1.07. The summed E-state index contributed by atoms with van der Waals surface area (Å²) in [6.07, 6.45) is 1.47. The van der Waals surface area contributed by atoms with Crippen LogP contribution in [0, 0.1) is 12.8 Å². The number of benzene rings is 2. The number of nitrogens with zero attached hydrogens (tertiary/aromatic N) is 1. The van der Waals surface area contributed by atoms with Gasteiger partial charge in [0.15, 0.2) is 5.69 Å². The number of amides is 1. The van der Waals surface area contributed by atoms with Crippen LogP contribution >= 0.6 is 0 Å². The van der Waals surface area contributed by atoms with Crippen LogP contribution in [0.2, 0.25) is 0 Å². The molecule has 3 rings (SSSR count). The van der Waals surface area contributed by atoms with Gasteiger partial charge in [-0.2, -0.15) is 0 Å². The average Bonchev–Trinajstić information content (AvgIpc) is 2.72. The number of ether oxygens (including phenoxy) is 2. The van der Waals surface area contributed by atoms with Gasteiger partial charge in [-0.3, -0.25) is 9.59 Å². The Hall–Kier alpha value is -3.87. The van der Waals surface area contributed by atoms with Gasteiger partial charge in [0.05, 0.1) is 5.92 Å². The molecule has 2 aromatic carbocycles. The van der Waals surface area contributed by atoms with Gasteiger partial charge < -0.3 is 19.9 Å². The maximum atomic E-state index is 12.3. The van der Waals surface area contributed by atoms with Crippen LogP contribution in [0.4, 0.5) is 5.69 Å². The van der Waals surface area contributed by atoms with Crippen LogP contribution in [0.15, 0.2) is 60.8 Å². The molecule has 0 aliphatic rings. The molecular formula is C23H22N2O5. The SMILES string of the molecule is Cc1ccnc(C(=O)Nc2ccc(Oc3ccc(OC(=O)C(C)C)cc3)cc2)c1O. The normalized spacial score (nSPS) is 10.5. The van der Waals surface area contributed by atoms with Gasteiger partial charge in [-0.05, 0) is 67.1 Å². The van der Waals surface area contributed by atoms with E-state index in [1.807, 2.05) is 0 Å². The van der Waals surface area contributed by atoms with Gasteiger partial charge in [-0.1, -0.05) is 13.8 Å². The van der Waals surface area contributed by atoms with Gasteiger partial charge >= 0.3 is 5.97 Å². The Bertz CT molecular complexity index is 1040. The fraction of sp³-hybridized carbons (Fsp3) is 0.174. The average molecular weight is 406 g/mol. The second-order valence-electron chi connectivity index (χ2n) is 6.95. The number of esters is 1. The number of hydrogen-bond donors (Lipinski definition) is 2. The van der Waals surface area contributed by atoms with E-state index >= 15 is 0 Å². The molecule has 0 bridgehead atoms. The minimum Gasteiger partial charge on any atom is -0.505 e. The van der Waals surface area contributed by atoms with Gasteiger partial charge in [0.25, 0.3) is 5.91 Å². The summed E-state index contributed by atoms with van der Waals surface area (Å²) in [5, 5.41) is 12.7. The number of aryl methyl sites for hydroxylation is 1. The van der Waals surface area contributed by atoms with Crippen molar-refractivity contribution in [2.75, 3.05) is 5.32 Å². The number of rotatable bonds is 6. The van der Waals surface area contributed by atoms with Gasteiger partial charge in [0, 0.05) is 11.9 Å². The van der Waals surface area contributed by atoms with Crippen LogP contribution in [0.1, 0.15) is 29.9 Å². The van der Waals surface area contributed by atoms with Crippen molar-refractivity contribution in [3.05, 3.63) is 72.1 Å². The van der Waals surface area contributed by atoms with Gasteiger partial charge in [0.2, 0.25) is 0 Å². The zero-order chi connectivity index (χ0) is 21.7. The molecule has 2 N–H and O–H groups in total. The Morgan fingerprint density at radius 3 is 2.10 bits per heavy atom. The lowest BCUT2D eigenvalue weighted by atomic mass is 10.2. The fourth-order valence-electron chi connectivity index (χ4n) is 2.46. The number of hydrogen-bond acceptors (Lipinski definition) is 6. The van der Waals surface area contributed by atoms with E-state index in [-0.39, 0.29) is 23.3 Å². The lowest BCUT2D eigenvalue weighted by Crippen LogP contribution is -2.14. The monoisotopic (exact) mass is 406 g/mol. The summed E-state index contributed by atoms with van der Waals surface area (Å²) in [5.74, 6) is 0.448. The molecular weight excluding hydrogens is 384 g/mol. The topological polar surface area (TPSA) is 97.8 Å². The third kappa shape index (κ3) is 5.14. The predicted molar refractivity (Wildman–Crippen MR) is 112 cm³/mol. The molecule has 0 fully saturated rings. The molecule has 1 amide bonds. The zero-order valence-corrected chi connectivity index (χ0v) is 16.9. The Morgan fingerprint density at radius 2 is 1.50 bits per heavy atom. The fourth-order valence-corrected chi connectivity index (χ4v) is 2.46. The Morgan fingerprint density at radius 1 is 0.933 bits per heavy atom. The van der Waals surface area contributed by atoms with E-state index in [1.165, 1.54) is 6.20 Å². The first-order valence-electron chi connectivity index (χ1n) is 9.39. The van der Waals surface area contributed by atoms with Gasteiger partial charge in [-0.15, -0.1) is 0 Å². The van der Waals surface area contributed by atoms with Crippen LogP contribution < -0.4 is 14.8 Å². The first-order valence-corrected chi connectivity index (χ1v) is 9.39. The quantitative estimate of drug-likeness (QED) is 0.455. The van der Waals surface area contributed by atoms with Crippen LogP contribution in [-0.2, 0) is 4.79 Å². The molecule has 0 radical (unpaired) electrons. The lowest BCUT2D eigenvalue weighted by Gasteiger charge is -2.10. The third-order valence-electron chi connectivity index (χ3n) is 4.20. The molecule has 0 spiro atoms. The summed E-state index contributed by atoms with van der Waals surface area (Å²) in [4.78, 5) is 27.9. The Balaban J connectivity index is 1.61. The van der Waals surface area contributed by atoms with E-state index < -0.39 is 5.91 Å². The van der Waals surface area contributed by atoms with Crippen molar-refractivity contribution in [3.8, 4) is 23.0 Å². The molecule has 1 aromatic heterocycles. The minimum atomic E-state index is -0.503. The van der Waals surface area contributed by atoms with Crippen molar-refractivity contribution in [3.63, 3.8) is 0 Å². The van der Waals surface area contributed by atoms with E-state index in [2.05, 4.69) is 10.3 Å². The molecule has 7 nitrogen and oxygen atoms in total. The number of carbonyl (C=O) groups excluding carboxylic acids is 2. The highest BCUT2D eigenvalue weighted by molar-refractivity contribution is 6.04. The summed E-state index contributed by atoms with van der Waals surface area (Å²) in [6.45, 7) is 5.23. The molecule has 30 heavy (non-hydrogen) atoms. The smallest absolute Gasteiger partial charge is 0.313 e. The summed E-state index contributed by atoms with van der Waals surface area (Å²) < 4.78 is 11.0. The second kappa shape index (κ2) is 9.09. The van der Waals surface area contributed by atoms with Gasteiger partial charge in [-0.25, -0.2) is 4.98 Å². The van der Waals surface area contributed by atoms with E-state index in [0.29, 0.717) is 28.5 Å². The van der Waals surface area contributed by atoms with E-state index in [4.69, 9.17) is 9.47 Å². The highest BCUT2D eigenvalue weighted by atomic mass is 16.5. The van der Waals surface area contributed by atoms with Crippen LogP contribution in [-0.4, -0.2) is 22.0 Å². The van der Waals surface area contributed by atoms with E-state index in [9.17, 15) is 14.7 Å². The van der Waals surface area contributed by atoms with Gasteiger partial charge in [0.1, 0.15) is 23.0 Å². The number of anilines is 1. The van der Waals surface area contributed by atoms with Crippen molar-refractivity contribution in [2.45, 2.75) is 20.8 Å². The molecule has 0 aliphatic heterocycles. The van der Waals surface area contributed by atoms with Crippen molar-refractivity contribution in [2.24, 2.45) is 5.92 Å². The number of aromatic nitrogens is 1. The molecule has 7 heteroatoms. The lowest BCUT2D eigenvalue weighted by molar-refractivity contribution is -0.137. The predicted octanol–water partition coefficient (Wildman–Crippen LogP) is 4.70. The number of carbonyl (C=O) groups is 2. The molecule has 1 heterocycles. The Kier molecular flexibility index (Phi) is 6.32.